The van der Waals surface area contributed by atoms with Crippen molar-refractivity contribution in [3.05, 3.63) is 59.7 Å². The van der Waals surface area contributed by atoms with Crippen molar-refractivity contribution in [3.8, 4) is 5.75 Å². The van der Waals surface area contributed by atoms with Crippen molar-refractivity contribution in [2.75, 3.05) is 5.32 Å². The van der Waals surface area contributed by atoms with Crippen molar-refractivity contribution in [1.29, 1.82) is 0 Å². The van der Waals surface area contributed by atoms with Gasteiger partial charge in [0.1, 0.15) is 5.75 Å². The van der Waals surface area contributed by atoms with Crippen LogP contribution in [0.15, 0.2) is 48.5 Å². The second-order valence-electron chi connectivity index (χ2n) is 4.67. The lowest BCUT2D eigenvalue weighted by atomic mass is 10.1. The molecule has 0 fully saturated rings. The first kappa shape index (κ1) is 15.3. The zero-order valence-electron chi connectivity index (χ0n) is 11.6. The van der Waals surface area contributed by atoms with Gasteiger partial charge in [-0.1, -0.05) is 24.3 Å². The van der Waals surface area contributed by atoms with Crippen LogP contribution in [0.2, 0.25) is 0 Å². The maximum absolute atomic E-state index is 12.1. The van der Waals surface area contributed by atoms with Gasteiger partial charge in [-0.15, -0.1) is 0 Å². The third-order valence-corrected chi connectivity index (χ3v) is 3.10. The third-order valence-electron chi connectivity index (χ3n) is 3.10. The first-order valence-corrected chi connectivity index (χ1v) is 6.59. The SMILES string of the molecule is CC(Nc1cccc(CO)c1)c1ccc(OC(F)F)cc1. The molecule has 1 atom stereocenters. The highest BCUT2D eigenvalue weighted by Gasteiger charge is 2.08. The van der Waals surface area contributed by atoms with Crippen LogP contribution in [0.1, 0.15) is 24.1 Å². The highest BCUT2D eigenvalue weighted by atomic mass is 19.3. The Morgan fingerprint density at radius 1 is 1.14 bits per heavy atom. The van der Waals surface area contributed by atoms with Crippen molar-refractivity contribution in [2.24, 2.45) is 0 Å². The molecule has 2 N–H and O–H groups in total. The number of alkyl halides is 2. The van der Waals surface area contributed by atoms with Crippen molar-refractivity contribution in [3.63, 3.8) is 0 Å². The number of benzene rings is 2. The molecule has 0 aromatic heterocycles. The van der Waals surface area contributed by atoms with Crippen LogP contribution in [-0.4, -0.2) is 11.7 Å². The Hall–Kier alpha value is -2.14. The van der Waals surface area contributed by atoms with E-state index < -0.39 is 6.61 Å². The molecule has 1 unspecified atom stereocenters. The van der Waals surface area contributed by atoms with Crippen LogP contribution in [0.3, 0.4) is 0 Å². The van der Waals surface area contributed by atoms with E-state index >= 15 is 0 Å². The van der Waals surface area contributed by atoms with E-state index in [4.69, 9.17) is 5.11 Å². The summed E-state index contributed by atoms with van der Waals surface area (Å²) in [5.74, 6) is 0.142. The monoisotopic (exact) mass is 293 g/mol. The summed E-state index contributed by atoms with van der Waals surface area (Å²) in [6, 6.07) is 14.0. The highest BCUT2D eigenvalue weighted by Crippen LogP contribution is 2.23. The van der Waals surface area contributed by atoms with Gasteiger partial charge >= 0.3 is 6.61 Å². The van der Waals surface area contributed by atoms with Gasteiger partial charge in [0.2, 0.25) is 0 Å². The van der Waals surface area contributed by atoms with Crippen LogP contribution in [-0.2, 0) is 6.61 Å². The molecule has 0 aliphatic rings. The number of hydrogen-bond donors (Lipinski definition) is 2. The molecule has 3 nitrogen and oxygen atoms in total. The molecule has 0 aliphatic heterocycles. The van der Waals surface area contributed by atoms with Gasteiger partial charge in [0.25, 0.3) is 0 Å². The zero-order valence-corrected chi connectivity index (χ0v) is 11.6. The summed E-state index contributed by atoms with van der Waals surface area (Å²) in [4.78, 5) is 0. The number of aliphatic hydroxyl groups is 1. The van der Waals surface area contributed by atoms with Gasteiger partial charge in [-0.3, -0.25) is 0 Å². The summed E-state index contributed by atoms with van der Waals surface area (Å²) in [6.07, 6.45) is 0. The molecule has 0 aliphatic carbocycles. The zero-order chi connectivity index (χ0) is 15.2. The number of anilines is 1. The molecule has 2 rings (SSSR count). The molecule has 21 heavy (non-hydrogen) atoms. The molecule has 0 spiro atoms. The molecule has 5 heteroatoms. The average Bonchev–Trinajstić information content (AvgIpc) is 2.47. The van der Waals surface area contributed by atoms with Gasteiger partial charge in [0.05, 0.1) is 6.61 Å². The summed E-state index contributed by atoms with van der Waals surface area (Å²) in [5, 5.41) is 12.4. The van der Waals surface area contributed by atoms with E-state index in [1.807, 2.05) is 31.2 Å². The van der Waals surface area contributed by atoms with Crippen molar-refractivity contribution < 1.29 is 18.6 Å². The predicted octanol–water partition coefficient (Wildman–Crippen LogP) is 3.95. The fourth-order valence-electron chi connectivity index (χ4n) is 2.03. The molecule has 0 saturated heterocycles. The summed E-state index contributed by atoms with van der Waals surface area (Å²) in [6.45, 7) is -0.856. The topological polar surface area (TPSA) is 41.5 Å². The van der Waals surface area contributed by atoms with E-state index in [2.05, 4.69) is 10.1 Å². The molecular formula is C16H17F2NO2. The summed E-state index contributed by atoms with van der Waals surface area (Å²) >= 11 is 0. The van der Waals surface area contributed by atoms with Crippen LogP contribution in [0.5, 0.6) is 5.75 Å². The minimum atomic E-state index is -2.81. The molecule has 2 aromatic rings. The number of rotatable bonds is 6. The fourth-order valence-corrected chi connectivity index (χ4v) is 2.03. The quantitative estimate of drug-likeness (QED) is 0.847. The van der Waals surface area contributed by atoms with E-state index in [9.17, 15) is 8.78 Å². The number of hydrogen-bond acceptors (Lipinski definition) is 3. The Bertz CT molecular complexity index is 573. The second-order valence-corrected chi connectivity index (χ2v) is 4.67. The molecule has 2 aromatic carbocycles. The van der Waals surface area contributed by atoms with E-state index in [0.717, 1.165) is 16.8 Å². The lowest BCUT2D eigenvalue weighted by molar-refractivity contribution is -0.0498. The largest absolute Gasteiger partial charge is 0.435 e. The maximum Gasteiger partial charge on any atom is 0.387 e. The number of aliphatic hydroxyl groups excluding tert-OH is 1. The Labute approximate surface area is 122 Å². The van der Waals surface area contributed by atoms with E-state index in [1.54, 1.807) is 12.1 Å². The molecule has 0 bridgehead atoms. The molecule has 0 radical (unpaired) electrons. The third kappa shape index (κ3) is 4.43. The second kappa shape index (κ2) is 7.04. The van der Waals surface area contributed by atoms with Gasteiger partial charge < -0.3 is 15.2 Å². The van der Waals surface area contributed by atoms with Crippen molar-refractivity contribution in [1.82, 2.24) is 0 Å². The molecule has 0 saturated carbocycles. The summed E-state index contributed by atoms with van der Waals surface area (Å²) < 4.78 is 28.5. The Morgan fingerprint density at radius 2 is 1.86 bits per heavy atom. The van der Waals surface area contributed by atoms with Crippen LogP contribution in [0.25, 0.3) is 0 Å². The van der Waals surface area contributed by atoms with Gasteiger partial charge in [-0.05, 0) is 42.3 Å². The van der Waals surface area contributed by atoms with Crippen LogP contribution in [0.4, 0.5) is 14.5 Å². The van der Waals surface area contributed by atoms with Gasteiger partial charge in [0, 0.05) is 11.7 Å². The van der Waals surface area contributed by atoms with Crippen molar-refractivity contribution in [2.45, 2.75) is 26.2 Å². The number of halogens is 2. The van der Waals surface area contributed by atoms with Crippen molar-refractivity contribution >= 4 is 5.69 Å². The van der Waals surface area contributed by atoms with E-state index in [1.165, 1.54) is 12.1 Å². The molecular weight excluding hydrogens is 276 g/mol. The Kier molecular flexibility index (Phi) is 5.11. The fraction of sp³-hybridized carbons (Fsp3) is 0.250. The lowest BCUT2D eigenvalue weighted by Crippen LogP contribution is -2.07. The highest BCUT2D eigenvalue weighted by molar-refractivity contribution is 5.47. The summed E-state index contributed by atoms with van der Waals surface area (Å²) in [5.41, 5.74) is 2.67. The Morgan fingerprint density at radius 3 is 2.48 bits per heavy atom. The smallest absolute Gasteiger partial charge is 0.387 e. The molecule has 0 amide bonds. The van der Waals surface area contributed by atoms with Crippen LogP contribution in [0, 0.1) is 0 Å². The molecule has 0 heterocycles. The average molecular weight is 293 g/mol. The first-order chi connectivity index (χ1) is 10.1. The Balaban J connectivity index is 2.03. The van der Waals surface area contributed by atoms with Crippen LogP contribution >= 0.6 is 0 Å². The minimum absolute atomic E-state index is 0.000423. The standard InChI is InChI=1S/C16H17F2NO2/c1-11(19-14-4-2-3-12(9-14)10-20)13-5-7-15(8-6-13)21-16(17)18/h2-9,11,16,19-20H,10H2,1H3. The number of nitrogens with one attached hydrogen (secondary N) is 1. The lowest BCUT2D eigenvalue weighted by Gasteiger charge is -2.16. The van der Waals surface area contributed by atoms with Gasteiger partial charge in [0.15, 0.2) is 0 Å². The number of ether oxygens (including phenoxy) is 1. The first-order valence-electron chi connectivity index (χ1n) is 6.59. The van der Waals surface area contributed by atoms with Crippen LogP contribution < -0.4 is 10.1 Å². The minimum Gasteiger partial charge on any atom is -0.435 e. The summed E-state index contributed by atoms with van der Waals surface area (Å²) in [7, 11) is 0. The van der Waals surface area contributed by atoms with E-state index in [-0.39, 0.29) is 18.4 Å². The van der Waals surface area contributed by atoms with E-state index in [0.29, 0.717) is 0 Å². The predicted molar refractivity (Wildman–Crippen MR) is 77.5 cm³/mol. The maximum atomic E-state index is 12.1. The molecule has 112 valence electrons. The normalized spacial score (nSPS) is 12.2. The van der Waals surface area contributed by atoms with Gasteiger partial charge in [-0.25, -0.2) is 0 Å². The van der Waals surface area contributed by atoms with Gasteiger partial charge in [-0.2, -0.15) is 8.78 Å².